The number of likely N-dealkylation sites (N-methyl/N-ethyl adjacent to an activating group) is 1. The average molecular weight is 391 g/mol. The van der Waals surface area contributed by atoms with Crippen molar-refractivity contribution in [2.45, 2.75) is 26.9 Å². The molecule has 0 spiro atoms. The Kier molecular flexibility index (Phi) is 7.46. The van der Waals surface area contributed by atoms with Crippen molar-refractivity contribution >= 4 is 28.8 Å². The largest absolute Gasteiger partial charge is 0.483 e. The zero-order chi connectivity index (χ0) is 20.0. The Bertz CT molecular complexity index is 806. The van der Waals surface area contributed by atoms with Crippen LogP contribution in [-0.4, -0.2) is 60.2 Å². The molecule has 1 aromatic carbocycles. The van der Waals surface area contributed by atoms with Gasteiger partial charge in [0.25, 0.3) is 12.4 Å². The Morgan fingerprint density at radius 1 is 1.41 bits per heavy atom. The number of carbonyl (C=O) groups excluding carboxylic acids is 1. The first-order valence-electron chi connectivity index (χ1n) is 8.59. The van der Waals surface area contributed by atoms with Crippen molar-refractivity contribution in [1.29, 1.82) is 0 Å². The zero-order valence-corrected chi connectivity index (χ0v) is 16.8. The molecule has 1 atom stereocenters. The predicted octanol–water partition coefficient (Wildman–Crippen LogP) is 2.71. The van der Waals surface area contributed by atoms with Crippen LogP contribution in [0.5, 0.6) is 0 Å². The van der Waals surface area contributed by atoms with Gasteiger partial charge in [0.1, 0.15) is 6.10 Å². The highest BCUT2D eigenvalue weighted by atomic mass is 32.1. The molecule has 2 aromatic rings. The SMILES string of the molecule is Cc1ccc(-c2nc(NC(=O)C3CN(C)CCO3)sc2C)c(C)c1.O=CO. The van der Waals surface area contributed by atoms with Crippen LogP contribution in [0.2, 0.25) is 0 Å². The third kappa shape index (κ3) is 5.59. The molecule has 2 N–H and O–H groups in total. The number of anilines is 1. The molecule has 3 rings (SSSR count). The number of nitrogens with one attached hydrogen (secondary N) is 1. The third-order valence-electron chi connectivity index (χ3n) is 4.23. The lowest BCUT2D eigenvalue weighted by Gasteiger charge is -2.28. The van der Waals surface area contributed by atoms with E-state index in [-0.39, 0.29) is 12.4 Å². The molecule has 1 fully saturated rings. The van der Waals surface area contributed by atoms with Crippen molar-refractivity contribution in [3.05, 3.63) is 34.2 Å². The maximum absolute atomic E-state index is 12.4. The van der Waals surface area contributed by atoms with Crippen LogP contribution in [-0.2, 0) is 14.3 Å². The molecule has 1 unspecified atom stereocenters. The molecule has 1 aromatic heterocycles. The van der Waals surface area contributed by atoms with Crippen LogP contribution in [0.4, 0.5) is 5.13 Å². The summed E-state index contributed by atoms with van der Waals surface area (Å²) in [6.45, 7) is 8.01. The predicted molar refractivity (Wildman–Crippen MR) is 106 cm³/mol. The van der Waals surface area contributed by atoms with Gasteiger partial charge in [-0.25, -0.2) is 4.98 Å². The molecule has 1 amide bonds. The Labute approximate surface area is 163 Å². The fraction of sp³-hybridized carbons (Fsp3) is 0.421. The summed E-state index contributed by atoms with van der Waals surface area (Å²) >= 11 is 1.50. The number of thiazole rings is 1. The monoisotopic (exact) mass is 391 g/mol. The molecule has 7 nitrogen and oxygen atoms in total. The first-order valence-corrected chi connectivity index (χ1v) is 9.41. The highest BCUT2D eigenvalue weighted by Gasteiger charge is 2.26. The van der Waals surface area contributed by atoms with Crippen LogP contribution in [0.25, 0.3) is 11.3 Å². The normalized spacial score (nSPS) is 17.0. The van der Waals surface area contributed by atoms with E-state index >= 15 is 0 Å². The molecule has 0 aliphatic carbocycles. The van der Waals surface area contributed by atoms with Crippen LogP contribution in [0.3, 0.4) is 0 Å². The van der Waals surface area contributed by atoms with E-state index in [1.165, 1.54) is 22.5 Å². The summed E-state index contributed by atoms with van der Waals surface area (Å²) in [5, 5.41) is 10.4. The second-order valence-corrected chi connectivity index (χ2v) is 7.66. The molecule has 2 heterocycles. The Morgan fingerprint density at radius 3 is 2.74 bits per heavy atom. The number of carbonyl (C=O) groups is 2. The second kappa shape index (κ2) is 9.59. The number of aryl methyl sites for hydroxylation is 3. The Balaban J connectivity index is 0.000000817. The highest BCUT2D eigenvalue weighted by Crippen LogP contribution is 2.32. The lowest BCUT2D eigenvalue weighted by molar-refractivity contribution is -0.132. The molecule has 0 radical (unpaired) electrons. The van der Waals surface area contributed by atoms with Gasteiger partial charge in [-0.1, -0.05) is 23.8 Å². The minimum Gasteiger partial charge on any atom is -0.483 e. The first kappa shape index (κ1) is 21.0. The zero-order valence-electron chi connectivity index (χ0n) is 16.0. The number of hydrogen-bond acceptors (Lipinski definition) is 6. The van der Waals surface area contributed by atoms with Gasteiger partial charge in [-0.15, -0.1) is 11.3 Å². The molecule has 146 valence electrons. The number of hydrogen-bond donors (Lipinski definition) is 2. The smallest absolute Gasteiger partial charge is 0.290 e. The number of rotatable bonds is 3. The summed E-state index contributed by atoms with van der Waals surface area (Å²) in [5.74, 6) is -0.123. The van der Waals surface area contributed by atoms with Crippen molar-refractivity contribution in [3.8, 4) is 11.3 Å². The van der Waals surface area contributed by atoms with E-state index in [0.29, 0.717) is 18.3 Å². The molecule has 0 saturated carbocycles. The molecule has 0 bridgehead atoms. The first-order chi connectivity index (χ1) is 12.8. The van der Waals surface area contributed by atoms with E-state index in [4.69, 9.17) is 14.6 Å². The summed E-state index contributed by atoms with van der Waals surface area (Å²) in [6, 6.07) is 6.33. The number of nitrogens with zero attached hydrogens (tertiary/aromatic N) is 2. The van der Waals surface area contributed by atoms with Crippen LogP contribution in [0, 0.1) is 20.8 Å². The molecule has 1 aliphatic rings. The molecule has 1 saturated heterocycles. The fourth-order valence-electron chi connectivity index (χ4n) is 2.90. The Morgan fingerprint density at radius 2 is 2.11 bits per heavy atom. The number of benzene rings is 1. The van der Waals surface area contributed by atoms with Gasteiger partial charge in [-0.2, -0.15) is 0 Å². The highest BCUT2D eigenvalue weighted by molar-refractivity contribution is 7.16. The van der Waals surface area contributed by atoms with Crippen molar-refractivity contribution in [3.63, 3.8) is 0 Å². The molecular formula is C19H25N3O4S. The van der Waals surface area contributed by atoms with Gasteiger partial charge < -0.3 is 14.7 Å². The molecule has 27 heavy (non-hydrogen) atoms. The van der Waals surface area contributed by atoms with Crippen LogP contribution in [0.15, 0.2) is 18.2 Å². The van der Waals surface area contributed by atoms with Crippen LogP contribution < -0.4 is 5.32 Å². The fourth-order valence-corrected chi connectivity index (χ4v) is 3.73. The maximum Gasteiger partial charge on any atom is 0.290 e. The number of morpholine rings is 1. The lowest BCUT2D eigenvalue weighted by atomic mass is 10.0. The molecule has 8 heteroatoms. The van der Waals surface area contributed by atoms with Crippen LogP contribution >= 0.6 is 11.3 Å². The molecular weight excluding hydrogens is 366 g/mol. The summed E-state index contributed by atoms with van der Waals surface area (Å²) in [5.41, 5.74) is 4.48. The number of carboxylic acid groups (broad SMARTS) is 1. The lowest BCUT2D eigenvalue weighted by Crippen LogP contribution is -2.46. The van der Waals surface area contributed by atoms with E-state index < -0.39 is 6.10 Å². The maximum atomic E-state index is 12.4. The van der Waals surface area contributed by atoms with E-state index in [1.807, 2.05) is 14.0 Å². The quantitative estimate of drug-likeness (QED) is 0.782. The van der Waals surface area contributed by atoms with Crippen LogP contribution in [0.1, 0.15) is 16.0 Å². The number of aromatic nitrogens is 1. The minimum atomic E-state index is -0.433. The summed E-state index contributed by atoms with van der Waals surface area (Å²) in [4.78, 5) is 28.6. The summed E-state index contributed by atoms with van der Waals surface area (Å²) in [7, 11) is 1.99. The van der Waals surface area contributed by atoms with Gasteiger partial charge >= 0.3 is 0 Å². The summed E-state index contributed by atoms with van der Waals surface area (Å²) < 4.78 is 5.56. The van der Waals surface area contributed by atoms with E-state index in [1.54, 1.807) is 0 Å². The van der Waals surface area contributed by atoms with Gasteiger partial charge in [0, 0.05) is 23.5 Å². The second-order valence-electron chi connectivity index (χ2n) is 6.46. The van der Waals surface area contributed by atoms with Crippen molar-refractivity contribution in [2.75, 3.05) is 32.1 Å². The van der Waals surface area contributed by atoms with Gasteiger partial charge in [-0.05, 0) is 33.4 Å². The standard InChI is InChI=1S/C18H23N3O2S.CH2O2/c1-11-5-6-14(12(2)9-11)16-13(3)24-18(19-16)20-17(22)15-10-21(4)7-8-23-15;2-1-3/h5-6,9,15H,7-8,10H2,1-4H3,(H,19,20,22);1H,(H,2,3). The summed E-state index contributed by atoms with van der Waals surface area (Å²) in [6.07, 6.45) is -0.433. The van der Waals surface area contributed by atoms with Crippen molar-refractivity contribution in [1.82, 2.24) is 9.88 Å². The average Bonchev–Trinajstić information content (AvgIpc) is 2.95. The van der Waals surface area contributed by atoms with Gasteiger partial charge in [-0.3, -0.25) is 14.9 Å². The topological polar surface area (TPSA) is 91.8 Å². The van der Waals surface area contributed by atoms with Crippen molar-refractivity contribution in [2.24, 2.45) is 0 Å². The van der Waals surface area contributed by atoms with E-state index in [9.17, 15) is 4.79 Å². The van der Waals surface area contributed by atoms with Gasteiger partial charge in [0.15, 0.2) is 5.13 Å². The third-order valence-corrected chi connectivity index (χ3v) is 5.11. The van der Waals surface area contributed by atoms with Gasteiger partial charge in [0.2, 0.25) is 0 Å². The van der Waals surface area contributed by atoms with Crippen molar-refractivity contribution < 1.29 is 19.4 Å². The number of amides is 1. The van der Waals surface area contributed by atoms with E-state index in [2.05, 4.69) is 47.2 Å². The minimum absolute atomic E-state index is 0.123. The number of ether oxygens (including phenoxy) is 1. The van der Waals surface area contributed by atoms with E-state index in [0.717, 1.165) is 22.7 Å². The molecule has 1 aliphatic heterocycles. The Hall–Kier alpha value is -2.29. The van der Waals surface area contributed by atoms with Gasteiger partial charge in [0.05, 0.1) is 12.3 Å².